The average molecular weight is 347 g/mol. The molecule has 0 atom stereocenters. The molecular formula is C17H21N3O3S. The molecular weight excluding hydrogens is 326 g/mol. The zero-order valence-electron chi connectivity index (χ0n) is 13.8. The second-order valence-corrected chi connectivity index (χ2v) is 7.59. The van der Waals surface area contributed by atoms with Crippen molar-refractivity contribution < 1.29 is 13.2 Å². The van der Waals surface area contributed by atoms with Crippen LogP contribution < -0.4 is 9.46 Å². The fraction of sp³-hybridized carbons (Fsp3) is 0.353. The quantitative estimate of drug-likeness (QED) is 0.889. The van der Waals surface area contributed by atoms with Crippen molar-refractivity contribution >= 4 is 10.0 Å². The van der Waals surface area contributed by atoms with Crippen LogP contribution in [0.5, 0.6) is 5.88 Å². The third kappa shape index (κ3) is 3.28. The van der Waals surface area contributed by atoms with Crippen molar-refractivity contribution in [3.05, 3.63) is 53.2 Å². The number of pyridine rings is 1. The van der Waals surface area contributed by atoms with Gasteiger partial charge in [0.1, 0.15) is 0 Å². The zero-order valence-corrected chi connectivity index (χ0v) is 14.6. The van der Waals surface area contributed by atoms with Crippen LogP contribution >= 0.6 is 0 Å². The molecule has 3 rings (SSSR count). The van der Waals surface area contributed by atoms with Gasteiger partial charge in [-0.25, -0.2) is 18.1 Å². The van der Waals surface area contributed by atoms with Crippen LogP contribution in [0.15, 0.2) is 41.4 Å². The van der Waals surface area contributed by atoms with Crippen molar-refractivity contribution in [1.82, 2.24) is 14.6 Å². The predicted molar refractivity (Wildman–Crippen MR) is 91.3 cm³/mol. The molecule has 2 heterocycles. The predicted octanol–water partition coefficient (Wildman–Crippen LogP) is 1.56. The summed E-state index contributed by atoms with van der Waals surface area (Å²) in [4.78, 5) is 6.89. The second kappa shape index (κ2) is 6.88. The topological polar surface area (TPSA) is 71.5 Å². The van der Waals surface area contributed by atoms with Gasteiger partial charge in [0.2, 0.25) is 15.9 Å². The van der Waals surface area contributed by atoms with E-state index < -0.39 is 10.0 Å². The van der Waals surface area contributed by atoms with Gasteiger partial charge in [0.25, 0.3) is 0 Å². The Labute approximate surface area is 142 Å². The lowest BCUT2D eigenvalue weighted by Gasteiger charge is -2.30. The number of nitrogens with one attached hydrogen (secondary N) is 1. The minimum Gasteiger partial charge on any atom is -0.481 e. The highest BCUT2D eigenvalue weighted by Crippen LogP contribution is 2.27. The molecule has 0 spiro atoms. The molecule has 1 aliphatic heterocycles. The lowest BCUT2D eigenvalue weighted by atomic mass is 9.99. The number of benzene rings is 1. The number of methoxy groups -OCH3 is 1. The molecule has 0 fully saturated rings. The Morgan fingerprint density at radius 3 is 2.88 bits per heavy atom. The van der Waals surface area contributed by atoms with E-state index in [-0.39, 0.29) is 0 Å². The lowest BCUT2D eigenvalue weighted by molar-refractivity contribution is 0.239. The molecule has 1 aliphatic rings. The third-order valence-corrected chi connectivity index (χ3v) is 5.80. The largest absolute Gasteiger partial charge is 0.481 e. The van der Waals surface area contributed by atoms with E-state index in [1.807, 2.05) is 18.2 Å². The number of aromatic nitrogens is 1. The minimum absolute atomic E-state index is 0.390. The van der Waals surface area contributed by atoms with Gasteiger partial charge in [0.15, 0.2) is 0 Å². The monoisotopic (exact) mass is 347 g/mol. The number of rotatable bonds is 5. The Balaban J connectivity index is 1.84. The summed E-state index contributed by atoms with van der Waals surface area (Å²) in [5, 5.41) is 0. The Morgan fingerprint density at radius 2 is 2.12 bits per heavy atom. The van der Waals surface area contributed by atoms with Crippen LogP contribution in [0.4, 0.5) is 0 Å². The smallest absolute Gasteiger partial charge is 0.240 e. The number of ether oxygens (including phenoxy) is 1. The molecule has 7 heteroatoms. The number of hydrogen-bond acceptors (Lipinski definition) is 5. The molecule has 24 heavy (non-hydrogen) atoms. The van der Waals surface area contributed by atoms with E-state index in [9.17, 15) is 8.42 Å². The summed E-state index contributed by atoms with van der Waals surface area (Å²) in [6, 6.07) is 9.37. The van der Waals surface area contributed by atoms with Crippen LogP contribution in [0.1, 0.15) is 16.7 Å². The maximum atomic E-state index is 12.2. The standard InChI is InChI=1S/C17H21N3O3S/c1-18-24(21,22)16-7-3-5-13-11-20(10-8-15(13)16)12-14-6-4-9-19-17(14)23-2/h3-7,9,18H,8,10-12H2,1-2H3. The Kier molecular flexibility index (Phi) is 4.84. The van der Waals surface area contributed by atoms with Crippen LogP contribution in [0.2, 0.25) is 0 Å². The van der Waals surface area contributed by atoms with Gasteiger partial charge in [-0.05, 0) is 36.7 Å². The lowest BCUT2D eigenvalue weighted by Crippen LogP contribution is -2.32. The van der Waals surface area contributed by atoms with Crippen molar-refractivity contribution in [1.29, 1.82) is 0 Å². The molecule has 0 aliphatic carbocycles. The van der Waals surface area contributed by atoms with Crippen LogP contribution in [0.25, 0.3) is 0 Å². The highest BCUT2D eigenvalue weighted by molar-refractivity contribution is 7.89. The molecule has 6 nitrogen and oxygen atoms in total. The molecule has 1 aromatic heterocycles. The van der Waals surface area contributed by atoms with E-state index in [0.29, 0.717) is 23.7 Å². The Morgan fingerprint density at radius 1 is 1.29 bits per heavy atom. The molecule has 0 radical (unpaired) electrons. The van der Waals surface area contributed by atoms with E-state index in [2.05, 4.69) is 14.6 Å². The number of nitrogens with zero attached hydrogens (tertiary/aromatic N) is 2. The van der Waals surface area contributed by atoms with Gasteiger partial charge >= 0.3 is 0 Å². The summed E-state index contributed by atoms with van der Waals surface area (Å²) < 4.78 is 32.1. The van der Waals surface area contributed by atoms with Crippen molar-refractivity contribution in [2.75, 3.05) is 20.7 Å². The van der Waals surface area contributed by atoms with Crippen molar-refractivity contribution in [2.45, 2.75) is 24.4 Å². The molecule has 0 saturated carbocycles. The Bertz CT molecular complexity index is 837. The number of fused-ring (bicyclic) bond motifs is 1. The van der Waals surface area contributed by atoms with Crippen molar-refractivity contribution in [2.24, 2.45) is 0 Å². The molecule has 0 amide bonds. The van der Waals surface area contributed by atoms with E-state index in [0.717, 1.165) is 29.8 Å². The SMILES string of the molecule is CNS(=O)(=O)c1cccc2c1CCN(Cc1cccnc1OC)C2. The number of hydrogen-bond donors (Lipinski definition) is 1. The van der Waals surface area contributed by atoms with Gasteiger partial charge < -0.3 is 4.74 Å². The van der Waals surface area contributed by atoms with Crippen LogP contribution in [0.3, 0.4) is 0 Å². The van der Waals surface area contributed by atoms with Gasteiger partial charge in [0, 0.05) is 31.4 Å². The minimum atomic E-state index is -3.43. The van der Waals surface area contributed by atoms with Gasteiger partial charge in [0.05, 0.1) is 12.0 Å². The van der Waals surface area contributed by atoms with Gasteiger partial charge in [-0.3, -0.25) is 4.90 Å². The second-order valence-electron chi connectivity index (χ2n) is 5.73. The molecule has 0 unspecified atom stereocenters. The van der Waals surface area contributed by atoms with Crippen molar-refractivity contribution in [3.8, 4) is 5.88 Å². The summed E-state index contributed by atoms with van der Waals surface area (Å²) >= 11 is 0. The fourth-order valence-corrected chi connectivity index (χ4v) is 4.13. The molecule has 1 N–H and O–H groups in total. The number of sulfonamides is 1. The summed E-state index contributed by atoms with van der Waals surface area (Å²) in [6.07, 6.45) is 2.41. The van der Waals surface area contributed by atoms with E-state index in [1.165, 1.54) is 7.05 Å². The maximum absolute atomic E-state index is 12.2. The summed E-state index contributed by atoms with van der Waals surface area (Å²) in [5.74, 6) is 0.634. The zero-order chi connectivity index (χ0) is 17.2. The van der Waals surface area contributed by atoms with Crippen LogP contribution in [0, 0.1) is 0 Å². The van der Waals surface area contributed by atoms with Gasteiger partial charge in [-0.1, -0.05) is 18.2 Å². The molecule has 128 valence electrons. The molecule has 0 bridgehead atoms. The van der Waals surface area contributed by atoms with Gasteiger partial charge in [-0.15, -0.1) is 0 Å². The average Bonchev–Trinajstić information content (AvgIpc) is 2.61. The normalized spacial score (nSPS) is 15.1. The van der Waals surface area contributed by atoms with Crippen LogP contribution in [-0.4, -0.2) is 39.0 Å². The first kappa shape index (κ1) is 16.9. The first-order valence-electron chi connectivity index (χ1n) is 7.79. The fourth-order valence-electron chi connectivity index (χ4n) is 3.10. The maximum Gasteiger partial charge on any atom is 0.240 e. The third-order valence-electron chi connectivity index (χ3n) is 4.30. The van der Waals surface area contributed by atoms with E-state index in [4.69, 9.17) is 4.74 Å². The summed E-state index contributed by atoms with van der Waals surface area (Å²) in [6.45, 7) is 2.22. The highest BCUT2D eigenvalue weighted by atomic mass is 32.2. The molecule has 2 aromatic rings. The molecule has 1 aromatic carbocycles. The highest BCUT2D eigenvalue weighted by Gasteiger charge is 2.24. The first-order chi connectivity index (χ1) is 11.5. The first-order valence-corrected chi connectivity index (χ1v) is 9.28. The van der Waals surface area contributed by atoms with Gasteiger partial charge in [-0.2, -0.15) is 0 Å². The van der Waals surface area contributed by atoms with E-state index in [1.54, 1.807) is 25.4 Å². The Hall–Kier alpha value is -1.96. The van der Waals surface area contributed by atoms with Crippen molar-refractivity contribution in [3.63, 3.8) is 0 Å². The summed E-state index contributed by atoms with van der Waals surface area (Å²) in [5.41, 5.74) is 3.00. The summed E-state index contributed by atoms with van der Waals surface area (Å²) in [7, 11) is -0.365. The molecule has 0 saturated heterocycles. The van der Waals surface area contributed by atoms with E-state index >= 15 is 0 Å². The van der Waals surface area contributed by atoms with Crippen LogP contribution in [-0.2, 0) is 29.5 Å².